The molecular formula is C20H12F2N4O2S2. The largest absolute Gasteiger partial charge is 0.298 e. The summed E-state index contributed by atoms with van der Waals surface area (Å²) in [7, 11) is 0. The minimum atomic E-state index is -0.422. The Kier molecular flexibility index (Phi) is 5.59. The van der Waals surface area contributed by atoms with Crippen LogP contribution in [0.2, 0.25) is 0 Å². The summed E-state index contributed by atoms with van der Waals surface area (Å²) in [5.74, 6) is -1.65. The number of hydrogen-bond acceptors (Lipinski definition) is 6. The second kappa shape index (κ2) is 8.47. The second-order valence-corrected chi connectivity index (χ2v) is 7.71. The number of nitrogens with one attached hydrogen (secondary N) is 2. The number of rotatable bonds is 5. The Morgan fingerprint density at radius 2 is 1.03 bits per heavy atom. The van der Waals surface area contributed by atoms with Gasteiger partial charge in [0.25, 0.3) is 11.8 Å². The third-order valence-corrected chi connectivity index (χ3v) is 5.44. The van der Waals surface area contributed by atoms with E-state index in [4.69, 9.17) is 0 Å². The van der Waals surface area contributed by atoms with Crippen LogP contribution in [0, 0.1) is 11.6 Å². The second-order valence-electron chi connectivity index (χ2n) is 6.00. The van der Waals surface area contributed by atoms with Gasteiger partial charge in [0.1, 0.15) is 23.0 Å². The van der Waals surface area contributed by atoms with Gasteiger partial charge in [0.15, 0.2) is 10.3 Å². The van der Waals surface area contributed by atoms with Crippen molar-refractivity contribution in [3.63, 3.8) is 0 Å². The molecule has 4 rings (SSSR count). The van der Waals surface area contributed by atoms with Crippen LogP contribution in [-0.4, -0.2) is 21.8 Å². The number of amides is 2. The molecular weight excluding hydrogens is 430 g/mol. The predicted molar refractivity (Wildman–Crippen MR) is 112 cm³/mol. The summed E-state index contributed by atoms with van der Waals surface area (Å²) in [6.07, 6.45) is 0. The van der Waals surface area contributed by atoms with E-state index in [9.17, 15) is 18.4 Å². The van der Waals surface area contributed by atoms with Crippen LogP contribution < -0.4 is 10.6 Å². The Morgan fingerprint density at radius 3 is 1.40 bits per heavy atom. The zero-order valence-electron chi connectivity index (χ0n) is 15.1. The monoisotopic (exact) mass is 442 g/mol. The maximum atomic E-state index is 13.0. The molecule has 2 heterocycles. The van der Waals surface area contributed by atoms with Crippen molar-refractivity contribution in [1.29, 1.82) is 0 Å². The van der Waals surface area contributed by atoms with Gasteiger partial charge in [0.05, 0.1) is 0 Å². The molecule has 0 fully saturated rings. The summed E-state index contributed by atoms with van der Waals surface area (Å²) in [5, 5.41) is 9.48. The highest BCUT2D eigenvalue weighted by molar-refractivity contribution is 7.15. The highest BCUT2D eigenvalue weighted by atomic mass is 32.1. The molecule has 30 heavy (non-hydrogen) atoms. The van der Waals surface area contributed by atoms with Gasteiger partial charge in [-0.2, -0.15) is 0 Å². The summed E-state index contributed by atoms with van der Waals surface area (Å²) in [4.78, 5) is 33.1. The molecule has 0 bridgehead atoms. The molecule has 0 unspecified atom stereocenters. The number of carbonyl (C=O) groups is 2. The van der Waals surface area contributed by atoms with E-state index in [1.165, 1.54) is 71.2 Å². The van der Waals surface area contributed by atoms with Crippen molar-refractivity contribution in [2.24, 2.45) is 0 Å². The molecule has 2 aromatic carbocycles. The van der Waals surface area contributed by atoms with E-state index < -0.39 is 23.4 Å². The van der Waals surface area contributed by atoms with E-state index in [-0.39, 0.29) is 0 Å². The zero-order chi connectivity index (χ0) is 21.1. The molecule has 6 nitrogen and oxygen atoms in total. The van der Waals surface area contributed by atoms with E-state index in [1.54, 1.807) is 10.8 Å². The van der Waals surface area contributed by atoms with Gasteiger partial charge in [-0.1, -0.05) is 0 Å². The third-order valence-electron chi connectivity index (χ3n) is 3.92. The first kappa shape index (κ1) is 19.8. The average Bonchev–Trinajstić information content (AvgIpc) is 3.38. The van der Waals surface area contributed by atoms with Crippen LogP contribution in [0.1, 0.15) is 20.7 Å². The SMILES string of the molecule is O=C(Nc1nc(-c2csc(NC(=O)c3ccc(F)cc3)n2)cs1)c1ccc(F)cc1. The van der Waals surface area contributed by atoms with Crippen molar-refractivity contribution in [3.8, 4) is 11.4 Å². The summed E-state index contributed by atoms with van der Waals surface area (Å²) >= 11 is 2.43. The van der Waals surface area contributed by atoms with Gasteiger partial charge in [0.2, 0.25) is 0 Å². The molecule has 2 amide bonds. The molecule has 0 aliphatic rings. The van der Waals surface area contributed by atoms with Crippen LogP contribution in [0.25, 0.3) is 11.4 Å². The molecule has 0 spiro atoms. The number of anilines is 2. The molecule has 150 valence electrons. The Bertz CT molecular complexity index is 1110. The highest BCUT2D eigenvalue weighted by Crippen LogP contribution is 2.28. The van der Waals surface area contributed by atoms with Gasteiger partial charge in [-0.25, -0.2) is 18.7 Å². The average molecular weight is 442 g/mol. The standard InChI is InChI=1S/C20H12F2N4O2S2/c21-13-5-1-11(2-6-13)17(27)25-19-23-15(9-29-19)16-10-30-20(24-16)26-18(28)12-3-7-14(22)8-4-12/h1-10H,(H,23,25,27)(H,24,26,28). The minimum Gasteiger partial charge on any atom is -0.298 e. The lowest BCUT2D eigenvalue weighted by Gasteiger charge is -2.01. The van der Waals surface area contributed by atoms with Gasteiger partial charge in [0, 0.05) is 21.9 Å². The van der Waals surface area contributed by atoms with Crippen molar-refractivity contribution < 1.29 is 18.4 Å². The lowest BCUT2D eigenvalue weighted by atomic mass is 10.2. The number of carbonyl (C=O) groups excluding carboxylic acids is 2. The van der Waals surface area contributed by atoms with Crippen molar-refractivity contribution in [1.82, 2.24) is 9.97 Å². The van der Waals surface area contributed by atoms with Crippen LogP contribution in [0.3, 0.4) is 0 Å². The first-order valence-corrected chi connectivity index (χ1v) is 10.3. The van der Waals surface area contributed by atoms with E-state index in [0.717, 1.165) is 0 Å². The van der Waals surface area contributed by atoms with Gasteiger partial charge in [-0.15, -0.1) is 22.7 Å². The van der Waals surface area contributed by atoms with E-state index in [2.05, 4.69) is 20.6 Å². The molecule has 4 aromatic rings. The van der Waals surface area contributed by atoms with Crippen molar-refractivity contribution in [2.45, 2.75) is 0 Å². The lowest BCUT2D eigenvalue weighted by Crippen LogP contribution is -2.11. The van der Waals surface area contributed by atoms with Crippen LogP contribution in [0.5, 0.6) is 0 Å². The fraction of sp³-hybridized carbons (Fsp3) is 0. The van der Waals surface area contributed by atoms with Gasteiger partial charge in [-0.3, -0.25) is 20.2 Å². The Labute approximate surface area is 177 Å². The van der Waals surface area contributed by atoms with E-state index in [1.807, 2.05) is 0 Å². The van der Waals surface area contributed by atoms with E-state index >= 15 is 0 Å². The number of aromatic nitrogens is 2. The lowest BCUT2D eigenvalue weighted by molar-refractivity contribution is 0.101. The fourth-order valence-electron chi connectivity index (χ4n) is 2.44. The molecule has 2 N–H and O–H groups in total. The quantitative estimate of drug-likeness (QED) is 0.453. The van der Waals surface area contributed by atoms with Crippen LogP contribution >= 0.6 is 22.7 Å². The van der Waals surface area contributed by atoms with Crippen LogP contribution in [0.15, 0.2) is 59.3 Å². The maximum absolute atomic E-state index is 13.0. The van der Waals surface area contributed by atoms with Crippen LogP contribution in [0.4, 0.5) is 19.0 Å². The van der Waals surface area contributed by atoms with Gasteiger partial charge < -0.3 is 0 Å². The molecule has 0 radical (unpaired) electrons. The molecule has 10 heteroatoms. The number of halogens is 2. The molecule has 0 aliphatic carbocycles. The summed E-state index contributed by atoms with van der Waals surface area (Å²) in [6.45, 7) is 0. The molecule has 0 atom stereocenters. The highest BCUT2D eigenvalue weighted by Gasteiger charge is 2.14. The molecule has 0 saturated heterocycles. The maximum Gasteiger partial charge on any atom is 0.257 e. The Hall–Kier alpha value is -3.50. The van der Waals surface area contributed by atoms with E-state index in [0.29, 0.717) is 32.8 Å². The summed E-state index contributed by atoms with van der Waals surface area (Å²) < 4.78 is 25.9. The van der Waals surface area contributed by atoms with Crippen molar-refractivity contribution in [3.05, 3.63) is 82.1 Å². The topological polar surface area (TPSA) is 84.0 Å². The fourth-order valence-corrected chi connectivity index (χ4v) is 3.84. The smallest absolute Gasteiger partial charge is 0.257 e. The first-order valence-electron chi connectivity index (χ1n) is 8.53. The Morgan fingerprint density at radius 1 is 0.667 bits per heavy atom. The number of nitrogens with zero attached hydrogens (tertiary/aromatic N) is 2. The van der Waals surface area contributed by atoms with Crippen molar-refractivity contribution in [2.75, 3.05) is 10.6 Å². The van der Waals surface area contributed by atoms with Gasteiger partial charge >= 0.3 is 0 Å². The number of thiazole rings is 2. The third kappa shape index (κ3) is 4.56. The van der Waals surface area contributed by atoms with Crippen molar-refractivity contribution >= 4 is 44.8 Å². The Balaban J connectivity index is 1.42. The number of hydrogen-bond donors (Lipinski definition) is 2. The van der Waals surface area contributed by atoms with Crippen LogP contribution in [-0.2, 0) is 0 Å². The molecule has 0 saturated carbocycles. The minimum absolute atomic E-state index is 0.313. The van der Waals surface area contributed by atoms with Gasteiger partial charge in [-0.05, 0) is 48.5 Å². The zero-order valence-corrected chi connectivity index (χ0v) is 16.7. The first-order chi connectivity index (χ1) is 14.5. The predicted octanol–water partition coefficient (Wildman–Crippen LogP) is 5.05. The molecule has 0 aliphatic heterocycles. The molecule has 2 aromatic heterocycles. The number of benzene rings is 2. The summed E-state index contributed by atoms with van der Waals surface area (Å²) in [6, 6.07) is 10.4. The normalized spacial score (nSPS) is 10.6. The summed E-state index contributed by atoms with van der Waals surface area (Å²) in [5.41, 5.74) is 1.70.